The molecule has 0 aliphatic carbocycles. The standard InChI is InChI=1S/C27H37N3O4S/c1-21-17-30(22(2)20-31)35(32,33)27-14-13-23(12-9-15-28(3)4)16-25(27)34-26(21)19-29(5)18-24-10-7-6-8-11-24/h6-8,10-11,13-14,16,21-22,26,31H,15,17-20H2,1-5H3/t21-,22-,26-/m1/s1. The van der Waals surface area contributed by atoms with Crippen molar-refractivity contribution in [1.82, 2.24) is 14.1 Å². The molecule has 3 rings (SSSR count). The normalized spacial score (nSPS) is 20.8. The van der Waals surface area contributed by atoms with Gasteiger partial charge in [0.2, 0.25) is 10.0 Å². The van der Waals surface area contributed by atoms with Gasteiger partial charge in [-0.2, -0.15) is 4.31 Å². The van der Waals surface area contributed by atoms with Crippen LogP contribution in [0.2, 0.25) is 0 Å². The summed E-state index contributed by atoms with van der Waals surface area (Å²) in [4.78, 5) is 4.27. The summed E-state index contributed by atoms with van der Waals surface area (Å²) in [5, 5.41) is 9.81. The number of benzene rings is 2. The Bertz CT molecular complexity index is 1140. The molecule has 0 aromatic heterocycles. The lowest BCUT2D eigenvalue weighted by Crippen LogP contribution is -2.49. The van der Waals surface area contributed by atoms with E-state index in [2.05, 4.69) is 28.9 Å². The first-order valence-corrected chi connectivity index (χ1v) is 13.3. The van der Waals surface area contributed by atoms with Crippen LogP contribution in [-0.4, -0.2) is 87.2 Å². The third kappa shape index (κ3) is 7.06. The van der Waals surface area contributed by atoms with Crippen molar-refractivity contribution >= 4 is 10.0 Å². The summed E-state index contributed by atoms with van der Waals surface area (Å²) in [5.41, 5.74) is 1.90. The van der Waals surface area contributed by atoms with Crippen molar-refractivity contribution in [2.45, 2.75) is 37.4 Å². The van der Waals surface area contributed by atoms with Crippen molar-refractivity contribution < 1.29 is 18.3 Å². The van der Waals surface area contributed by atoms with Crippen molar-refractivity contribution in [3.05, 3.63) is 59.7 Å². The van der Waals surface area contributed by atoms with Crippen molar-refractivity contribution in [3.8, 4) is 17.6 Å². The van der Waals surface area contributed by atoms with E-state index in [0.717, 1.165) is 6.54 Å². The van der Waals surface area contributed by atoms with Gasteiger partial charge in [-0.05, 0) is 51.8 Å². The average Bonchev–Trinajstić information content (AvgIpc) is 2.81. The van der Waals surface area contributed by atoms with Gasteiger partial charge in [-0.1, -0.05) is 49.1 Å². The topological polar surface area (TPSA) is 73.3 Å². The van der Waals surface area contributed by atoms with E-state index in [4.69, 9.17) is 4.74 Å². The van der Waals surface area contributed by atoms with Gasteiger partial charge in [-0.15, -0.1) is 0 Å². The first kappa shape index (κ1) is 27.2. The first-order chi connectivity index (χ1) is 16.6. The molecule has 1 aliphatic heterocycles. The fourth-order valence-corrected chi connectivity index (χ4v) is 5.91. The summed E-state index contributed by atoms with van der Waals surface area (Å²) in [5.74, 6) is 6.40. The molecule has 0 bridgehead atoms. The minimum Gasteiger partial charge on any atom is -0.487 e. The van der Waals surface area contributed by atoms with E-state index in [1.54, 1.807) is 25.1 Å². The van der Waals surface area contributed by atoms with Crippen molar-refractivity contribution in [1.29, 1.82) is 0 Å². The van der Waals surface area contributed by atoms with Crippen molar-refractivity contribution in [3.63, 3.8) is 0 Å². The summed E-state index contributed by atoms with van der Waals surface area (Å²) in [6.45, 7) is 5.71. The highest BCUT2D eigenvalue weighted by Gasteiger charge is 2.38. The summed E-state index contributed by atoms with van der Waals surface area (Å²) >= 11 is 0. The second-order valence-electron chi connectivity index (χ2n) is 9.62. The second-order valence-corrected chi connectivity index (χ2v) is 11.5. The van der Waals surface area contributed by atoms with E-state index < -0.39 is 16.1 Å². The van der Waals surface area contributed by atoms with Gasteiger partial charge in [0.05, 0.1) is 13.2 Å². The van der Waals surface area contributed by atoms with Crippen LogP contribution in [0.3, 0.4) is 0 Å². The molecule has 2 aromatic carbocycles. The molecule has 0 amide bonds. The number of hydrogen-bond donors (Lipinski definition) is 1. The van der Waals surface area contributed by atoms with E-state index in [0.29, 0.717) is 24.4 Å². The zero-order valence-corrected chi connectivity index (χ0v) is 22.1. The van der Waals surface area contributed by atoms with Gasteiger partial charge in [-0.25, -0.2) is 8.42 Å². The lowest BCUT2D eigenvalue weighted by molar-refractivity contribution is 0.0733. The van der Waals surface area contributed by atoms with Crippen molar-refractivity contribution in [2.24, 2.45) is 5.92 Å². The van der Waals surface area contributed by atoms with Crippen LogP contribution in [0.25, 0.3) is 0 Å². The third-order valence-electron chi connectivity index (χ3n) is 6.08. The van der Waals surface area contributed by atoms with Crippen molar-refractivity contribution in [2.75, 3.05) is 47.4 Å². The molecule has 1 N–H and O–H groups in total. The Kier molecular flexibility index (Phi) is 9.34. The molecule has 1 heterocycles. The molecule has 0 saturated carbocycles. The van der Waals surface area contributed by atoms with Gasteiger partial charge in [-0.3, -0.25) is 9.80 Å². The minimum atomic E-state index is -3.86. The number of fused-ring (bicyclic) bond motifs is 1. The van der Waals surface area contributed by atoms with Crippen LogP contribution in [0.4, 0.5) is 0 Å². The smallest absolute Gasteiger partial charge is 0.247 e. The fraction of sp³-hybridized carbons (Fsp3) is 0.481. The van der Waals surface area contributed by atoms with Gasteiger partial charge in [0.25, 0.3) is 0 Å². The predicted molar refractivity (Wildman–Crippen MR) is 139 cm³/mol. The summed E-state index contributed by atoms with van der Waals surface area (Å²) in [7, 11) is 2.07. The summed E-state index contributed by atoms with van der Waals surface area (Å²) in [6, 6.07) is 14.7. The highest BCUT2D eigenvalue weighted by molar-refractivity contribution is 7.89. The molecule has 0 unspecified atom stereocenters. The van der Waals surface area contributed by atoms with Crippen LogP contribution in [0, 0.1) is 17.8 Å². The van der Waals surface area contributed by atoms with Gasteiger partial charge >= 0.3 is 0 Å². The molecule has 1 aliphatic rings. The van der Waals surface area contributed by atoms with Gasteiger partial charge in [0, 0.05) is 37.2 Å². The lowest BCUT2D eigenvalue weighted by atomic mass is 10.0. The Morgan fingerprint density at radius 1 is 1.17 bits per heavy atom. The number of likely N-dealkylation sites (N-methyl/N-ethyl adjacent to an activating group) is 1. The van der Waals surface area contributed by atoms with E-state index in [9.17, 15) is 13.5 Å². The number of ether oxygens (including phenoxy) is 1. The Morgan fingerprint density at radius 2 is 1.89 bits per heavy atom. The SMILES string of the molecule is C[C@@H]1CN([C@H](C)CO)S(=O)(=O)c2ccc(C#CCN(C)C)cc2O[C@@H]1CN(C)Cc1ccccc1. The molecule has 0 fully saturated rings. The third-order valence-corrected chi connectivity index (χ3v) is 8.10. The number of sulfonamides is 1. The number of rotatable bonds is 7. The number of hydrogen-bond acceptors (Lipinski definition) is 6. The van der Waals surface area contributed by atoms with Crippen LogP contribution in [0.15, 0.2) is 53.4 Å². The van der Waals surface area contributed by atoms with E-state index in [1.165, 1.54) is 9.87 Å². The van der Waals surface area contributed by atoms with E-state index in [-0.39, 0.29) is 30.1 Å². The molecule has 7 nitrogen and oxygen atoms in total. The maximum absolute atomic E-state index is 13.6. The summed E-state index contributed by atoms with van der Waals surface area (Å²) in [6.07, 6.45) is -0.253. The van der Waals surface area contributed by atoms with E-state index in [1.807, 2.05) is 51.2 Å². The Balaban J connectivity index is 1.97. The van der Waals surface area contributed by atoms with Gasteiger partial charge in [0.1, 0.15) is 16.7 Å². The Labute approximate surface area is 210 Å². The molecular weight excluding hydrogens is 462 g/mol. The Hall–Kier alpha value is -2.41. The molecule has 35 heavy (non-hydrogen) atoms. The number of aliphatic hydroxyl groups excluding tert-OH is 1. The Morgan fingerprint density at radius 3 is 2.54 bits per heavy atom. The molecular formula is C27H37N3O4S. The number of nitrogens with zero attached hydrogens (tertiary/aromatic N) is 3. The maximum Gasteiger partial charge on any atom is 0.247 e. The zero-order chi connectivity index (χ0) is 25.6. The predicted octanol–water partition coefficient (Wildman–Crippen LogP) is 2.50. The molecule has 0 saturated heterocycles. The monoisotopic (exact) mass is 499 g/mol. The highest BCUT2D eigenvalue weighted by atomic mass is 32.2. The quantitative estimate of drug-likeness (QED) is 0.591. The van der Waals surface area contributed by atoms with E-state index >= 15 is 0 Å². The maximum atomic E-state index is 13.6. The molecule has 2 aromatic rings. The highest BCUT2D eigenvalue weighted by Crippen LogP contribution is 2.34. The van der Waals surface area contributed by atoms with Crippen LogP contribution >= 0.6 is 0 Å². The van der Waals surface area contributed by atoms with Crippen LogP contribution in [0.1, 0.15) is 25.0 Å². The first-order valence-electron chi connectivity index (χ1n) is 11.9. The molecule has 190 valence electrons. The second kappa shape index (κ2) is 12.0. The largest absolute Gasteiger partial charge is 0.487 e. The van der Waals surface area contributed by atoms with Crippen LogP contribution in [0.5, 0.6) is 5.75 Å². The molecule has 3 atom stereocenters. The lowest BCUT2D eigenvalue weighted by Gasteiger charge is -2.37. The van der Waals surface area contributed by atoms with Crippen LogP contribution in [-0.2, 0) is 16.6 Å². The molecule has 0 radical (unpaired) electrons. The minimum absolute atomic E-state index is 0.103. The summed E-state index contributed by atoms with van der Waals surface area (Å²) < 4.78 is 35.0. The fourth-order valence-electron chi connectivity index (χ4n) is 4.09. The molecule has 8 heteroatoms. The zero-order valence-electron chi connectivity index (χ0n) is 21.3. The average molecular weight is 500 g/mol. The number of aliphatic hydroxyl groups is 1. The van der Waals surface area contributed by atoms with Gasteiger partial charge in [0.15, 0.2) is 0 Å². The molecule has 0 spiro atoms. The van der Waals surface area contributed by atoms with Gasteiger partial charge < -0.3 is 9.84 Å². The van der Waals surface area contributed by atoms with Crippen LogP contribution < -0.4 is 4.74 Å².